The summed E-state index contributed by atoms with van der Waals surface area (Å²) in [5, 5.41) is 7.41. The van der Waals surface area contributed by atoms with Crippen molar-refractivity contribution in [1.82, 2.24) is 9.78 Å². The number of aromatic nitrogens is 2. The number of amides is 1. The second kappa shape index (κ2) is 9.52. The Kier molecular flexibility index (Phi) is 6.51. The van der Waals surface area contributed by atoms with Gasteiger partial charge < -0.3 is 5.32 Å². The van der Waals surface area contributed by atoms with Crippen molar-refractivity contribution in [2.45, 2.75) is 25.2 Å². The zero-order chi connectivity index (χ0) is 24.3. The highest BCUT2D eigenvalue weighted by atomic mass is 32.2. The molecule has 8 heteroatoms. The molecule has 0 unspecified atom stereocenters. The fraction of sp³-hybridized carbons (Fsp3) is 0.154. The lowest BCUT2D eigenvalue weighted by molar-refractivity contribution is -0.115. The molecule has 0 radical (unpaired) electrons. The number of anilines is 2. The van der Waals surface area contributed by atoms with E-state index in [0.29, 0.717) is 11.4 Å². The van der Waals surface area contributed by atoms with Crippen LogP contribution < -0.4 is 9.62 Å². The lowest BCUT2D eigenvalue weighted by Gasteiger charge is -2.20. The molecule has 3 aromatic carbocycles. The van der Waals surface area contributed by atoms with Crippen LogP contribution >= 0.6 is 0 Å². The van der Waals surface area contributed by atoms with Gasteiger partial charge in [0.15, 0.2) is 0 Å². The lowest BCUT2D eigenvalue weighted by atomic mass is 10.1. The van der Waals surface area contributed by atoms with Crippen LogP contribution in [0.1, 0.15) is 17.0 Å². The van der Waals surface area contributed by atoms with Gasteiger partial charge in [0.25, 0.3) is 10.0 Å². The molecule has 4 rings (SSSR count). The van der Waals surface area contributed by atoms with E-state index < -0.39 is 10.0 Å². The van der Waals surface area contributed by atoms with Gasteiger partial charge in [-0.25, -0.2) is 13.1 Å². The fourth-order valence-electron chi connectivity index (χ4n) is 3.79. The fourth-order valence-corrected chi connectivity index (χ4v) is 5.03. The molecule has 1 N–H and O–H groups in total. The molecule has 0 saturated heterocycles. The smallest absolute Gasteiger partial charge is 0.264 e. The van der Waals surface area contributed by atoms with E-state index in [0.717, 1.165) is 22.6 Å². The molecule has 0 bridgehead atoms. The maximum atomic E-state index is 13.1. The van der Waals surface area contributed by atoms with Crippen molar-refractivity contribution in [3.05, 3.63) is 102 Å². The second-order valence-corrected chi connectivity index (χ2v) is 9.93. The van der Waals surface area contributed by atoms with Crippen molar-refractivity contribution < 1.29 is 13.2 Å². The number of hydrogen-bond donors (Lipinski definition) is 1. The van der Waals surface area contributed by atoms with Gasteiger partial charge in [0.2, 0.25) is 5.91 Å². The molecule has 0 aliphatic heterocycles. The minimum Gasteiger partial charge on any atom is -0.326 e. The summed E-state index contributed by atoms with van der Waals surface area (Å²) in [6, 6.07) is 24.9. The number of para-hydroxylation sites is 2. The van der Waals surface area contributed by atoms with Crippen LogP contribution in [-0.2, 0) is 21.2 Å². The molecular formula is C26H26N4O3S. The molecule has 1 amide bonds. The molecule has 0 saturated carbocycles. The molecule has 0 atom stereocenters. The van der Waals surface area contributed by atoms with Gasteiger partial charge in [-0.3, -0.25) is 9.10 Å². The van der Waals surface area contributed by atoms with Gasteiger partial charge in [0.1, 0.15) is 0 Å². The first-order valence-electron chi connectivity index (χ1n) is 10.8. The number of nitrogens with zero attached hydrogens (tertiary/aromatic N) is 3. The van der Waals surface area contributed by atoms with E-state index in [-0.39, 0.29) is 17.2 Å². The summed E-state index contributed by atoms with van der Waals surface area (Å²) in [5.74, 6) is -0.246. The van der Waals surface area contributed by atoms with Crippen molar-refractivity contribution in [3.63, 3.8) is 0 Å². The first-order valence-corrected chi connectivity index (χ1v) is 12.3. The Balaban J connectivity index is 1.52. The lowest BCUT2D eigenvalue weighted by Crippen LogP contribution is -2.26. The van der Waals surface area contributed by atoms with E-state index in [2.05, 4.69) is 10.4 Å². The minimum absolute atomic E-state index is 0.0981. The van der Waals surface area contributed by atoms with E-state index in [9.17, 15) is 13.2 Å². The third-order valence-corrected chi connectivity index (χ3v) is 7.46. The Hall–Kier alpha value is -3.91. The summed E-state index contributed by atoms with van der Waals surface area (Å²) in [7, 11) is -2.28. The van der Waals surface area contributed by atoms with Gasteiger partial charge >= 0.3 is 0 Å². The van der Waals surface area contributed by atoms with Crippen LogP contribution in [0.25, 0.3) is 5.69 Å². The van der Waals surface area contributed by atoms with E-state index in [1.165, 1.54) is 23.5 Å². The molecule has 34 heavy (non-hydrogen) atoms. The maximum Gasteiger partial charge on any atom is 0.264 e. The highest BCUT2D eigenvalue weighted by Gasteiger charge is 2.22. The number of hydrogen-bond acceptors (Lipinski definition) is 4. The molecule has 0 fully saturated rings. The monoisotopic (exact) mass is 474 g/mol. The maximum absolute atomic E-state index is 13.1. The summed E-state index contributed by atoms with van der Waals surface area (Å²) in [5.41, 5.74) is 4.40. The molecule has 7 nitrogen and oxygen atoms in total. The minimum atomic E-state index is -3.78. The summed E-state index contributed by atoms with van der Waals surface area (Å²) >= 11 is 0. The molecule has 0 spiro atoms. The summed E-state index contributed by atoms with van der Waals surface area (Å²) in [4.78, 5) is 12.9. The molecule has 174 valence electrons. The van der Waals surface area contributed by atoms with E-state index >= 15 is 0 Å². The van der Waals surface area contributed by atoms with Crippen LogP contribution in [0.5, 0.6) is 0 Å². The van der Waals surface area contributed by atoms with Crippen LogP contribution in [0.2, 0.25) is 0 Å². The highest BCUT2D eigenvalue weighted by Crippen LogP contribution is 2.24. The van der Waals surface area contributed by atoms with Crippen LogP contribution in [0.3, 0.4) is 0 Å². The highest BCUT2D eigenvalue weighted by molar-refractivity contribution is 7.92. The van der Waals surface area contributed by atoms with Crippen molar-refractivity contribution in [2.24, 2.45) is 0 Å². The Morgan fingerprint density at radius 3 is 2.26 bits per heavy atom. The average molecular weight is 475 g/mol. The number of rotatable bonds is 7. The van der Waals surface area contributed by atoms with E-state index in [4.69, 9.17) is 0 Å². The Labute approximate surface area is 199 Å². The average Bonchev–Trinajstić information content (AvgIpc) is 3.13. The first kappa shape index (κ1) is 23.3. The molecular weight excluding hydrogens is 448 g/mol. The van der Waals surface area contributed by atoms with Crippen molar-refractivity contribution in [3.8, 4) is 5.69 Å². The first-order chi connectivity index (χ1) is 16.3. The largest absolute Gasteiger partial charge is 0.326 e. The predicted octanol–water partition coefficient (Wildman–Crippen LogP) is 4.50. The van der Waals surface area contributed by atoms with Gasteiger partial charge in [0.05, 0.1) is 28.4 Å². The molecule has 0 aliphatic rings. The number of sulfonamides is 1. The van der Waals surface area contributed by atoms with Crippen LogP contribution in [0.4, 0.5) is 11.4 Å². The van der Waals surface area contributed by atoms with E-state index in [1.54, 1.807) is 36.4 Å². The summed E-state index contributed by atoms with van der Waals surface area (Å²) < 4.78 is 29.2. The van der Waals surface area contributed by atoms with Crippen LogP contribution in [0, 0.1) is 13.8 Å². The third-order valence-electron chi connectivity index (χ3n) is 5.68. The Bertz CT molecular complexity index is 1420. The number of carbonyl (C=O) groups is 1. The summed E-state index contributed by atoms with van der Waals surface area (Å²) in [6.45, 7) is 3.81. The van der Waals surface area contributed by atoms with Gasteiger partial charge in [-0.15, -0.1) is 0 Å². The normalized spacial score (nSPS) is 11.3. The number of aryl methyl sites for hydroxylation is 1. The quantitative estimate of drug-likeness (QED) is 0.428. The third kappa shape index (κ3) is 4.72. The van der Waals surface area contributed by atoms with Crippen molar-refractivity contribution in [1.29, 1.82) is 0 Å². The van der Waals surface area contributed by atoms with Gasteiger partial charge in [-0.1, -0.05) is 42.5 Å². The molecule has 0 aliphatic carbocycles. The number of benzene rings is 3. The predicted molar refractivity (Wildman–Crippen MR) is 134 cm³/mol. The zero-order valence-corrected chi connectivity index (χ0v) is 20.1. The zero-order valence-electron chi connectivity index (χ0n) is 19.3. The van der Waals surface area contributed by atoms with Crippen LogP contribution in [0.15, 0.2) is 89.8 Å². The topological polar surface area (TPSA) is 84.3 Å². The van der Waals surface area contributed by atoms with Crippen LogP contribution in [-0.4, -0.2) is 31.2 Å². The summed E-state index contributed by atoms with van der Waals surface area (Å²) in [6.07, 6.45) is 0.130. The van der Waals surface area contributed by atoms with Crippen molar-refractivity contribution in [2.75, 3.05) is 16.7 Å². The molecule has 4 aromatic rings. The van der Waals surface area contributed by atoms with Gasteiger partial charge in [-0.2, -0.15) is 5.10 Å². The number of nitrogens with one attached hydrogen (secondary N) is 1. The number of carbonyl (C=O) groups excluding carboxylic acids is 1. The Morgan fingerprint density at radius 1 is 0.941 bits per heavy atom. The van der Waals surface area contributed by atoms with E-state index in [1.807, 2.05) is 54.9 Å². The Morgan fingerprint density at radius 2 is 1.59 bits per heavy atom. The molecule has 1 aromatic heterocycles. The second-order valence-electron chi connectivity index (χ2n) is 7.96. The van der Waals surface area contributed by atoms with Gasteiger partial charge in [-0.05, 0) is 56.3 Å². The SMILES string of the molecule is Cc1nn(-c2ccccc2)c(C)c1CC(=O)Nc1cccc(S(=O)(=O)N(C)c2ccccc2)c1. The standard InChI is InChI=1S/C26H26N4O3S/c1-19-25(20(2)30(28-19)23-14-8-5-9-15-23)18-26(31)27-21-11-10-16-24(17-21)34(32,33)29(3)22-12-6-4-7-13-22/h4-17H,18H2,1-3H3,(H,27,31). The van der Waals surface area contributed by atoms with Gasteiger partial charge in [0, 0.05) is 24.0 Å². The molecule has 1 heterocycles. The van der Waals surface area contributed by atoms with Crippen molar-refractivity contribution >= 4 is 27.3 Å².